The van der Waals surface area contributed by atoms with E-state index in [2.05, 4.69) is 20.5 Å². The van der Waals surface area contributed by atoms with Gasteiger partial charge in [0, 0.05) is 19.6 Å². The van der Waals surface area contributed by atoms with Gasteiger partial charge in [-0.2, -0.15) is 0 Å². The molecule has 0 saturated carbocycles. The average molecular weight is 514 g/mol. The van der Waals surface area contributed by atoms with Gasteiger partial charge in [-0.3, -0.25) is 0 Å². The van der Waals surface area contributed by atoms with Crippen molar-refractivity contribution in [2.75, 3.05) is 40.3 Å². The minimum absolute atomic E-state index is 0. The molecule has 0 spiro atoms. The van der Waals surface area contributed by atoms with E-state index in [1.165, 1.54) is 6.07 Å². The van der Waals surface area contributed by atoms with Crippen LogP contribution in [-0.4, -0.2) is 51.2 Å². The normalized spacial score (nSPS) is 11.1. The van der Waals surface area contributed by atoms with Crippen molar-refractivity contribution in [3.8, 4) is 5.75 Å². The Hall–Kier alpha value is -1.87. The standard InChI is InChI=1S/C22H31FN4O.HI/c1-4-24-22(25-13-12-19-9-5-6-11-21(19)23)26-17-18-8-7-10-20(16-18)28-15-14-27(2)3;/h5-11,16H,4,12-15,17H2,1-3H3,(H2,24,25,26);1H. The van der Waals surface area contributed by atoms with E-state index in [9.17, 15) is 4.39 Å². The molecule has 0 aliphatic rings. The molecule has 0 amide bonds. The second-order valence-corrected chi connectivity index (χ2v) is 6.76. The van der Waals surface area contributed by atoms with Gasteiger partial charge in [-0.15, -0.1) is 24.0 Å². The lowest BCUT2D eigenvalue weighted by Gasteiger charge is -2.13. The van der Waals surface area contributed by atoms with E-state index in [1.54, 1.807) is 6.07 Å². The Balaban J connectivity index is 0.00000420. The summed E-state index contributed by atoms with van der Waals surface area (Å²) in [6.45, 7) is 5.46. The third-order valence-electron chi connectivity index (χ3n) is 4.11. The summed E-state index contributed by atoms with van der Waals surface area (Å²) in [5, 5.41) is 6.49. The smallest absolute Gasteiger partial charge is 0.191 e. The number of rotatable bonds is 10. The van der Waals surface area contributed by atoms with Gasteiger partial charge in [0.1, 0.15) is 18.2 Å². The van der Waals surface area contributed by atoms with Crippen molar-refractivity contribution in [2.45, 2.75) is 19.9 Å². The fourth-order valence-corrected chi connectivity index (χ4v) is 2.61. The molecule has 0 radical (unpaired) electrons. The van der Waals surface area contributed by atoms with Crippen LogP contribution < -0.4 is 15.4 Å². The van der Waals surface area contributed by atoms with Crippen LogP contribution >= 0.6 is 24.0 Å². The van der Waals surface area contributed by atoms with Crippen LogP contribution in [0.3, 0.4) is 0 Å². The summed E-state index contributed by atoms with van der Waals surface area (Å²) < 4.78 is 19.5. The Morgan fingerprint density at radius 3 is 2.62 bits per heavy atom. The highest BCUT2D eigenvalue weighted by atomic mass is 127. The maximum Gasteiger partial charge on any atom is 0.191 e. The topological polar surface area (TPSA) is 48.9 Å². The van der Waals surface area contributed by atoms with Gasteiger partial charge in [0.15, 0.2) is 5.96 Å². The molecule has 0 fully saturated rings. The fraction of sp³-hybridized carbons (Fsp3) is 0.409. The number of likely N-dealkylation sites (N-methyl/N-ethyl adjacent to an activating group) is 1. The average Bonchev–Trinajstić information content (AvgIpc) is 2.67. The second kappa shape index (κ2) is 14.2. The third kappa shape index (κ3) is 9.94. The van der Waals surface area contributed by atoms with Crippen molar-refractivity contribution in [3.05, 3.63) is 65.5 Å². The van der Waals surface area contributed by atoms with Gasteiger partial charge in [0.2, 0.25) is 0 Å². The van der Waals surface area contributed by atoms with Gasteiger partial charge in [-0.1, -0.05) is 30.3 Å². The molecule has 2 aromatic carbocycles. The van der Waals surface area contributed by atoms with Crippen molar-refractivity contribution in [1.82, 2.24) is 15.5 Å². The number of hydrogen-bond donors (Lipinski definition) is 2. The molecule has 0 aliphatic carbocycles. The summed E-state index contributed by atoms with van der Waals surface area (Å²) in [5.74, 6) is 1.40. The van der Waals surface area contributed by atoms with E-state index in [1.807, 2.05) is 57.4 Å². The Morgan fingerprint density at radius 1 is 1.10 bits per heavy atom. The van der Waals surface area contributed by atoms with E-state index in [0.717, 1.165) is 30.4 Å². The quantitative estimate of drug-likeness (QED) is 0.289. The maximum absolute atomic E-state index is 13.7. The van der Waals surface area contributed by atoms with E-state index in [-0.39, 0.29) is 29.8 Å². The molecular weight excluding hydrogens is 482 g/mol. The number of hydrogen-bond acceptors (Lipinski definition) is 3. The van der Waals surface area contributed by atoms with Crippen molar-refractivity contribution in [1.29, 1.82) is 0 Å². The predicted molar refractivity (Wildman–Crippen MR) is 129 cm³/mol. The highest BCUT2D eigenvalue weighted by molar-refractivity contribution is 14.0. The van der Waals surface area contributed by atoms with E-state index in [4.69, 9.17) is 4.74 Å². The van der Waals surface area contributed by atoms with Crippen molar-refractivity contribution < 1.29 is 9.13 Å². The lowest BCUT2D eigenvalue weighted by Crippen LogP contribution is -2.38. The molecule has 29 heavy (non-hydrogen) atoms. The second-order valence-electron chi connectivity index (χ2n) is 6.76. The molecule has 0 unspecified atom stereocenters. The van der Waals surface area contributed by atoms with Crippen molar-refractivity contribution in [2.24, 2.45) is 4.99 Å². The number of halogens is 2. The molecule has 2 N–H and O–H groups in total. The first-order chi connectivity index (χ1) is 13.6. The van der Waals surface area contributed by atoms with E-state index in [0.29, 0.717) is 31.7 Å². The van der Waals surface area contributed by atoms with Gasteiger partial charge in [0.05, 0.1) is 6.54 Å². The zero-order valence-corrected chi connectivity index (χ0v) is 19.8. The molecular formula is C22H32FIN4O. The van der Waals surface area contributed by atoms with Crippen LogP contribution in [0.25, 0.3) is 0 Å². The zero-order chi connectivity index (χ0) is 20.2. The number of ether oxygens (including phenoxy) is 1. The van der Waals surface area contributed by atoms with Gasteiger partial charge in [0.25, 0.3) is 0 Å². The Morgan fingerprint density at radius 2 is 1.90 bits per heavy atom. The summed E-state index contributed by atoms with van der Waals surface area (Å²) in [6, 6.07) is 14.8. The maximum atomic E-state index is 13.7. The lowest BCUT2D eigenvalue weighted by molar-refractivity contribution is 0.261. The molecule has 0 aliphatic heterocycles. The largest absolute Gasteiger partial charge is 0.492 e. The summed E-state index contributed by atoms with van der Waals surface area (Å²) in [4.78, 5) is 6.71. The SMILES string of the molecule is CCNC(=NCc1cccc(OCCN(C)C)c1)NCCc1ccccc1F.I. The predicted octanol–water partition coefficient (Wildman–Crippen LogP) is 3.68. The van der Waals surface area contributed by atoms with Crippen molar-refractivity contribution in [3.63, 3.8) is 0 Å². The molecule has 0 atom stereocenters. The lowest BCUT2D eigenvalue weighted by atomic mass is 10.1. The van der Waals surface area contributed by atoms with Crippen LogP contribution in [0.2, 0.25) is 0 Å². The molecule has 2 rings (SSSR count). The molecule has 160 valence electrons. The Labute approximate surface area is 190 Å². The molecule has 2 aromatic rings. The van der Waals surface area contributed by atoms with Crippen LogP contribution in [0.1, 0.15) is 18.1 Å². The van der Waals surface area contributed by atoms with Gasteiger partial charge in [-0.25, -0.2) is 9.38 Å². The highest BCUT2D eigenvalue weighted by Gasteiger charge is 2.03. The van der Waals surface area contributed by atoms with E-state index >= 15 is 0 Å². The first-order valence-corrected chi connectivity index (χ1v) is 9.70. The van der Waals surface area contributed by atoms with Crippen LogP contribution in [-0.2, 0) is 13.0 Å². The molecule has 0 heterocycles. The number of nitrogens with zero attached hydrogens (tertiary/aromatic N) is 2. The van der Waals surface area contributed by atoms with Crippen LogP contribution in [0.15, 0.2) is 53.5 Å². The number of benzene rings is 2. The minimum atomic E-state index is -0.169. The van der Waals surface area contributed by atoms with Crippen LogP contribution in [0.4, 0.5) is 4.39 Å². The Kier molecular flexibility index (Phi) is 12.3. The Bertz CT molecular complexity index is 755. The minimum Gasteiger partial charge on any atom is -0.492 e. The monoisotopic (exact) mass is 514 g/mol. The fourth-order valence-electron chi connectivity index (χ4n) is 2.61. The summed E-state index contributed by atoms with van der Waals surface area (Å²) >= 11 is 0. The van der Waals surface area contributed by atoms with Gasteiger partial charge >= 0.3 is 0 Å². The summed E-state index contributed by atoms with van der Waals surface area (Å²) in [5.41, 5.74) is 1.78. The van der Waals surface area contributed by atoms with Crippen LogP contribution in [0.5, 0.6) is 5.75 Å². The van der Waals surface area contributed by atoms with Gasteiger partial charge < -0.3 is 20.3 Å². The molecule has 0 saturated heterocycles. The van der Waals surface area contributed by atoms with Gasteiger partial charge in [-0.05, 0) is 56.8 Å². The number of aliphatic imine (C=N–C) groups is 1. The van der Waals surface area contributed by atoms with Crippen LogP contribution in [0, 0.1) is 5.82 Å². The molecule has 0 bridgehead atoms. The zero-order valence-electron chi connectivity index (χ0n) is 17.5. The van der Waals surface area contributed by atoms with Crippen molar-refractivity contribution >= 4 is 29.9 Å². The highest BCUT2D eigenvalue weighted by Crippen LogP contribution is 2.14. The third-order valence-corrected chi connectivity index (χ3v) is 4.11. The van der Waals surface area contributed by atoms with E-state index < -0.39 is 0 Å². The first kappa shape index (κ1) is 25.2. The molecule has 5 nitrogen and oxygen atoms in total. The number of nitrogens with one attached hydrogen (secondary N) is 2. The molecule has 0 aromatic heterocycles. The summed E-state index contributed by atoms with van der Waals surface area (Å²) in [6.07, 6.45) is 0.603. The summed E-state index contributed by atoms with van der Waals surface area (Å²) in [7, 11) is 4.05. The molecule has 7 heteroatoms. The number of guanidine groups is 1. The first-order valence-electron chi connectivity index (χ1n) is 9.70.